The first kappa shape index (κ1) is 22.4. The zero-order valence-electron chi connectivity index (χ0n) is 17.7. The van der Waals surface area contributed by atoms with E-state index in [9.17, 15) is 18.0 Å². The zero-order valence-corrected chi connectivity index (χ0v) is 19.3. The molecule has 2 aromatic heterocycles. The van der Waals surface area contributed by atoms with Crippen LogP contribution in [0.3, 0.4) is 0 Å². The fourth-order valence-corrected chi connectivity index (χ4v) is 6.34. The van der Waals surface area contributed by atoms with Crippen molar-refractivity contribution >= 4 is 32.7 Å². The Morgan fingerprint density at radius 1 is 1.06 bits per heavy atom. The van der Waals surface area contributed by atoms with Crippen LogP contribution in [0.1, 0.15) is 52.2 Å². The maximum absolute atomic E-state index is 13.0. The topological polar surface area (TPSA) is 107 Å². The van der Waals surface area contributed by atoms with E-state index < -0.39 is 9.84 Å². The van der Waals surface area contributed by atoms with Crippen molar-refractivity contribution in [2.75, 3.05) is 0 Å². The predicted molar refractivity (Wildman–Crippen MR) is 119 cm³/mol. The summed E-state index contributed by atoms with van der Waals surface area (Å²) in [6.45, 7) is 1.94. The fourth-order valence-electron chi connectivity index (χ4n) is 3.94. The third kappa shape index (κ3) is 4.83. The molecule has 0 aliphatic heterocycles. The molecule has 0 atom stereocenters. The predicted octanol–water partition coefficient (Wildman–Crippen LogP) is 3.80. The van der Waals surface area contributed by atoms with Crippen molar-refractivity contribution < 1.29 is 18.0 Å². The Hall–Kier alpha value is -2.78. The molecule has 1 saturated carbocycles. The maximum atomic E-state index is 13.0. The number of benzene rings is 1. The number of Topliss-reactive ketones (excluding diaryl/α,β-unsaturated/α-hetero) is 2. The molecular formula is C23H23N3O4S2. The van der Waals surface area contributed by atoms with E-state index >= 15 is 0 Å². The summed E-state index contributed by atoms with van der Waals surface area (Å²) in [7, 11) is -3.87. The lowest BCUT2D eigenvalue weighted by molar-refractivity contribution is -0.117. The maximum Gasteiger partial charge on any atom is 0.252 e. The highest BCUT2D eigenvalue weighted by molar-refractivity contribution is 7.93. The lowest BCUT2D eigenvalue weighted by Gasteiger charge is -2.13. The molecule has 0 amide bonds. The number of sulfone groups is 1. The molecule has 0 radical (unpaired) electrons. The average Bonchev–Trinajstić information content (AvgIpc) is 3.48. The van der Waals surface area contributed by atoms with Gasteiger partial charge >= 0.3 is 0 Å². The van der Waals surface area contributed by atoms with E-state index in [1.807, 2.05) is 25.1 Å². The second kappa shape index (κ2) is 9.38. The summed E-state index contributed by atoms with van der Waals surface area (Å²) >= 11 is 0.940. The van der Waals surface area contributed by atoms with Crippen molar-refractivity contribution in [2.24, 2.45) is 5.92 Å². The van der Waals surface area contributed by atoms with Crippen molar-refractivity contribution in [3.05, 3.63) is 64.6 Å². The van der Waals surface area contributed by atoms with Crippen molar-refractivity contribution in [3.63, 3.8) is 0 Å². The first-order valence-electron chi connectivity index (χ1n) is 10.5. The van der Waals surface area contributed by atoms with Gasteiger partial charge in [0, 0.05) is 30.3 Å². The van der Waals surface area contributed by atoms with Gasteiger partial charge in [-0.25, -0.2) is 23.4 Å². The molecule has 2 heterocycles. The molecule has 4 rings (SSSR count). The lowest BCUT2D eigenvalue weighted by Crippen LogP contribution is -2.16. The fraction of sp³-hybridized carbons (Fsp3) is 0.348. The van der Waals surface area contributed by atoms with Gasteiger partial charge in [-0.05, 0) is 37.5 Å². The molecule has 1 aliphatic rings. The van der Waals surface area contributed by atoms with Crippen molar-refractivity contribution in [2.45, 2.75) is 54.8 Å². The number of thiazole rings is 1. The molecule has 32 heavy (non-hydrogen) atoms. The van der Waals surface area contributed by atoms with E-state index in [2.05, 4.69) is 15.0 Å². The number of rotatable bonds is 8. The van der Waals surface area contributed by atoms with Gasteiger partial charge in [0.15, 0.2) is 5.78 Å². The first-order chi connectivity index (χ1) is 15.3. The quantitative estimate of drug-likeness (QED) is 0.365. The molecule has 0 bridgehead atoms. The van der Waals surface area contributed by atoms with Crippen molar-refractivity contribution in [1.29, 1.82) is 0 Å². The summed E-state index contributed by atoms with van der Waals surface area (Å²) in [5, 5.41) is 0.108. The van der Waals surface area contributed by atoms with E-state index in [4.69, 9.17) is 0 Å². The Morgan fingerprint density at radius 3 is 2.50 bits per heavy atom. The van der Waals surface area contributed by atoms with E-state index in [0.717, 1.165) is 48.1 Å². The van der Waals surface area contributed by atoms with E-state index in [1.165, 1.54) is 24.7 Å². The van der Waals surface area contributed by atoms with Gasteiger partial charge in [-0.15, -0.1) is 11.3 Å². The van der Waals surface area contributed by atoms with Crippen LogP contribution >= 0.6 is 11.3 Å². The Balaban J connectivity index is 1.49. The minimum atomic E-state index is -3.87. The summed E-state index contributed by atoms with van der Waals surface area (Å²) in [5.41, 5.74) is 2.34. The largest absolute Gasteiger partial charge is 0.299 e. The molecular weight excluding hydrogens is 446 g/mol. The van der Waals surface area contributed by atoms with E-state index in [-0.39, 0.29) is 39.7 Å². The third-order valence-electron chi connectivity index (χ3n) is 5.57. The second-order valence-corrected chi connectivity index (χ2v) is 11.2. The lowest BCUT2D eigenvalue weighted by atomic mass is 9.90. The number of carbonyl (C=O) groups is 2. The van der Waals surface area contributed by atoms with Crippen LogP contribution in [0.15, 0.2) is 52.2 Å². The first-order valence-corrected chi connectivity index (χ1v) is 12.8. The SMILES string of the molecule is Cc1ccc(CC(=O)Cc2ncc(S(=O)(=O)c3ncccn3)s2)c(C(=O)C2CCCC2)c1. The monoisotopic (exact) mass is 469 g/mol. The molecule has 0 spiro atoms. The molecule has 0 unspecified atom stereocenters. The van der Waals surface area contributed by atoms with Gasteiger partial charge in [0.1, 0.15) is 15.0 Å². The van der Waals surface area contributed by atoms with Gasteiger partial charge in [0.05, 0.1) is 12.6 Å². The smallest absolute Gasteiger partial charge is 0.252 e. The zero-order chi connectivity index (χ0) is 22.7. The Labute approximate surface area is 190 Å². The van der Waals surface area contributed by atoms with Crippen molar-refractivity contribution in [3.8, 4) is 0 Å². The Kier molecular flexibility index (Phi) is 6.57. The molecule has 0 saturated heterocycles. The number of aryl methyl sites for hydroxylation is 1. The second-order valence-electron chi connectivity index (χ2n) is 8.01. The molecule has 9 heteroatoms. The van der Waals surface area contributed by atoms with E-state index in [1.54, 1.807) is 0 Å². The number of hydrogen-bond acceptors (Lipinski definition) is 8. The molecule has 0 N–H and O–H groups in total. The molecule has 1 aliphatic carbocycles. The van der Waals surface area contributed by atoms with Crippen LogP contribution in [-0.4, -0.2) is 34.9 Å². The van der Waals surface area contributed by atoms with Gasteiger partial charge in [-0.3, -0.25) is 9.59 Å². The minimum Gasteiger partial charge on any atom is -0.299 e. The molecule has 1 fully saturated rings. The van der Waals surface area contributed by atoms with Crippen LogP contribution < -0.4 is 0 Å². The summed E-state index contributed by atoms with van der Waals surface area (Å²) < 4.78 is 25.2. The summed E-state index contributed by atoms with van der Waals surface area (Å²) in [6.07, 6.45) is 8.01. The summed E-state index contributed by atoms with van der Waals surface area (Å²) in [6, 6.07) is 7.16. The van der Waals surface area contributed by atoms with Gasteiger partial charge in [-0.2, -0.15) is 0 Å². The average molecular weight is 470 g/mol. The standard InChI is InChI=1S/C23H23N3O4S2/c1-15-7-8-17(19(11-15)22(28)16-5-2-3-6-16)12-18(27)13-20-26-14-21(31-20)32(29,30)23-24-9-4-10-25-23/h4,7-11,14,16H,2-3,5-6,12-13H2,1H3. The van der Waals surface area contributed by atoms with Gasteiger partial charge in [0.2, 0.25) is 0 Å². The normalized spacial score (nSPS) is 14.5. The number of hydrogen-bond donors (Lipinski definition) is 0. The Bertz CT molecular complexity index is 1250. The van der Waals surface area contributed by atoms with Crippen molar-refractivity contribution in [1.82, 2.24) is 15.0 Å². The summed E-state index contributed by atoms with van der Waals surface area (Å²) in [4.78, 5) is 37.5. The van der Waals surface area contributed by atoms with Crippen LogP contribution in [0.25, 0.3) is 0 Å². The number of ketones is 2. The highest BCUT2D eigenvalue weighted by Crippen LogP contribution is 2.30. The van der Waals surface area contributed by atoms with Crippen LogP contribution in [0.4, 0.5) is 0 Å². The van der Waals surface area contributed by atoms with Gasteiger partial charge < -0.3 is 0 Å². The highest BCUT2D eigenvalue weighted by atomic mass is 32.2. The van der Waals surface area contributed by atoms with Gasteiger partial charge in [0.25, 0.3) is 15.0 Å². The molecule has 166 valence electrons. The van der Waals surface area contributed by atoms with Gasteiger partial charge in [-0.1, -0.05) is 30.5 Å². The Morgan fingerprint density at radius 2 is 1.78 bits per heavy atom. The number of nitrogens with zero attached hydrogens (tertiary/aromatic N) is 3. The number of carbonyl (C=O) groups excluding carboxylic acids is 2. The summed E-state index contributed by atoms with van der Waals surface area (Å²) in [5.74, 6) is 0.0423. The molecule has 7 nitrogen and oxygen atoms in total. The van der Waals surface area contributed by atoms with Crippen LogP contribution in [0.5, 0.6) is 0 Å². The van der Waals surface area contributed by atoms with Crippen LogP contribution in [0, 0.1) is 12.8 Å². The van der Waals surface area contributed by atoms with E-state index in [0.29, 0.717) is 10.6 Å². The highest BCUT2D eigenvalue weighted by Gasteiger charge is 2.27. The van der Waals surface area contributed by atoms with Crippen LogP contribution in [-0.2, 0) is 27.5 Å². The van der Waals surface area contributed by atoms with Crippen LogP contribution in [0.2, 0.25) is 0 Å². The molecule has 3 aromatic rings. The molecule has 1 aromatic carbocycles. The minimum absolute atomic E-state index is 0.000763. The third-order valence-corrected chi connectivity index (χ3v) is 8.60. The number of aromatic nitrogens is 3.